The van der Waals surface area contributed by atoms with Gasteiger partial charge in [-0.05, 0) is 67.9 Å². The van der Waals surface area contributed by atoms with E-state index in [1.807, 2.05) is 0 Å². The highest BCUT2D eigenvalue weighted by Crippen LogP contribution is 2.57. The Kier molecular flexibility index (Phi) is 8.60. The third-order valence-corrected chi connectivity index (χ3v) is 11.5. The molecule has 0 radical (unpaired) electrons. The Morgan fingerprint density at radius 3 is 2.12 bits per heavy atom. The van der Waals surface area contributed by atoms with E-state index in [0.717, 1.165) is 0 Å². The Hall–Kier alpha value is -2.87. The van der Waals surface area contributed by atoms with Crippen molar-refractivity contribution in [1.29, 1.82) is 0 Å². The predicted octanol–water partition coefficient (Wildman–Crippen LogP) is 9.62. The van der Waals surface area contributed by atoms with Gasteiger partial charge in [0.25, 0.3) is 0 Å². The number of hydrogen-bond acceptors (Lipinski definition) is 1. The van der Waals surface area contributed by atoms with Crippen LogP contribution in [0, 0.1) is 10.8 Å². The van der Waals surface area contributed by atoms with Crippen LogP contribution in [0.1, 0.15) is 114 Å². The van der Waals surface area contributed by atoms with Crippen LogP contribution in [0.4, 0.5) is 0 Å². The lowest BCUT2D eigenvalue weighted by atomic mass is 9.66. The summed E-state index contributed by atoms with van der Waals surface area (Å²) in [4.78, 5) is 2.79. The van der Waals surface area contributed by atoms with Gasteiger partial charge in [0.05, 0.1) is 11.3 Å². The molecule has 228 valence electrons. The number of unbranched alkanes of at least 4 members (excludes halogenated alkanes) is 2. The van der Waals surface area contributed by atoms with Crippen LogP contribution < -0.4 is 0 Å². The summed E-state index contributed by atoms with van der Waals surface area (Å²) >= 11 is 0. The summed E-state index contributed by atoms with van der Waals surface area (Å²) in [5.74, 6) is 1.13. The molecule has 2 nitrogen and oxygen atoms in total. The Morgan fingerprint density at radius 1 is 0.767 bits per heavy atom. The molecule has 0 amide bonds. The van der Waals surface area contributed by atoms with Gasteiger partial charge < -0.3 is 4.90 Å². The van der Waals surface area contributed by atoms with Crippen LogP contribution >= 0.6 is 0 Å². The summed E-state index contributed by atoms with van der Waals surface area (Å²) in [5, 5.41) is 0. The van der Waals surface area contributed by atoms with Gasteiger partial charge in [0.15, 0.2) is 11.8 Å². The third kappa shape index (κ3) is 5.27. The van der Waals surface area contributed by atoms with Crippen LogP contribution in [0.25, 0.3) is 0 Å². The van der Waals surface area contributed by atoms with Crippen molar-refractivity contribution in [1.82, 2.24) is 4.90 Å². The Bertz CT molecular complexity index is 1430. The second-order valence-corrected chi connectivity index (χ2v) is 14.8. The highest BCUT2D eigenvalue weighted by molar-refractivity contribution is 5.97. The van der Waals surface area contributed by atoms with E-state index in [0.29, 0.717) is 23.9 Å². The molecule has 0 bridgehead atoms. The van der Waals surface area contributed by atoms with Crippen molar-refractivity contribution < 1.29 is 4.58 Å². The summed E-state index contributed by atoms with van der Waals surface area (Å²) < 4.78 is 2.79. The Balaban J connectivity index is 1.29. The molecule has 2 heterocycles. The molecule has 0 aromatic heterocycles. The molecule has 1 saturated heterocycles. The van der Waals surface area contributed by atoms with Gasteiger partial charge >= 0.3 is 0 Å². The van der Waals surface area contributed by atoms with Crippen molar-refractivity contribution in [2.24, 2.45) is 10.8 Å². The molecule has 43 heavy (non-hydrogen) atoms. The number of likely N-dealkylation sites (tertiary alicyclic amines) is 1. The van der Waals surface area contributed by atoms with E-state index in [9.17, 15) is 0 Å². The molecule has 0 N–H and O–H groups in total. The smallest absolute Gasteiger partial charge is 0.182 e. The van der Waals surface area contributed by atoms with Crippen molar-refractivity contribution in [3.63, 3.8) is 0 Å². The number of fused-ring (bicyclic) bond motifs is 6. The van der Waals surface area contributed by atoms with Gasteiger partial charge in [-0.3, -0.25) is 0 Å². The first kappa shape index (κ1) is 30.2. The van der Waals surface area contributed by atoms with Crippen molar-refractivity contribution >= 4 is 5.71 Å². The Labute approximate surface area is 262 Å². The van der Waals surface area contributed by atoms with Gasteiger partial charge in [-0.1, -0.05) is 107 Å². The summed E-state index contributed by atoms with van der Waals surface area (Å²) in [7, 11) is 0. The van der Waals surface area contributed by atoms with Gasteiger partial charge in [-0.15, -0.1) is 0 Å². The van der Waals surface area contributed by atoms with Crippen LogP contribution in [-0.2, 0) is 12.8 Å². The number of rotatable bonds is 9. The molecule has 2 aromatic rings. The standard InChI is InChI=1S/C41H55N2/c1-7-9-28-42-34-26-24-30-18-14-16-20-32(30)38(34)40(3,4)36(42)22-12-11-13-23-37-41(5,6)39-33-21-17-15-19-31(33)25-27-35(39)43(37)29-10-8-2/h11-23,34-35,38-39H,7-10,24-29H2,1-6H3/q+1. The fraction of sp³-hybridized carbons (Fsp3) is 0.537. The monoisotopic (exact) mass is 575 g/mol. The van der Waals surface area contributed by atoms with Crippen LogP contribution in [0.5, 0.6) is 0 Å². The molecule has 1 fully saturated rings. The number of allylic oxidation sites excluding steroid dienone is 6. The van der Waals surface area contributed by atoms with Crippen molar-refractivity contribution in [3.8, 4) is 0 Å². The molecule has 2 heteroatoms. The van der Waals surface area contributed by atoms with E-state index < -0.39 is 0 Å². The highest BCUT2D eigenvalue weighted by atomic mass is 15.2. The number of benzene rings is 2. The maximum absolute atomic E-state index is 2.79. The second kappa shape index (κ2) is 12.3. The highest BCUT2D eigenvalue weighted by Gasteiger charge is 2.56. The molecule has 2 aromatic carbocycles. The van der Waals surface area contributed by atoms with E-state index in [4.69, 9.17) is 0 Å². The minimum atomic E-state index is 0.116. The van der Waals surface area contributed by atoms with E-state index in [1.54, 1.807) is 22.3 Å². The van der Waals surface area contributed by atoms with Crippen molar-refractivity contribution in [2.75, 3.05) is 13.1 Å². The third-order valence-electron chi connectivity index (χ3n) is 11.5. The van der Waals surface area contributed by atoms with E-state index >= 15 is 0 Å². The minimum absolute atomic E-state index is 0.116. The topological polar surface area (TPSA) is 6.25 Å². The van der Waals surface area contributed by atoms with E-state index in [-0.39, 0.29) is 10.8 Å². The Morgan fingerprint density at radius 2 is 1.42 bits per heavy atom. The molecule has 0 saturated carbocycles. The predicted molar refractivity (Wildman–Crippen MR) is 183 cm³/mol. The molecular formula is C41H55N2+. The van der Waals surface area contributed by atoms with Gasteiger partial charge in [0, 0.05) is 48.5 Å². The van der Waals surface area contributed by atoms with E-state index in [1.165, 1.54) is 75.9 Å². The van der Waals surface area contributed by atoms with Crippen LogP contribution in [-0.4, -0.2) is 40.4 Å². The molecule has 2 aliphatic heterocycles. The zero-order chi connectivity index (χ0) is 30.2. The van der Waals surface area contributed by atoms with Gasteiger partial charge in [-0.25, -0.2) is 4.58 Å². The molecule has 4 atom stereocenters. The minimum Gasteiger partial charge on any atom is -0.371 e. The maximum atomic E-state index is 2.79. The molecular weight excluding hydrogens is 520 g/mol. The lowest BCUT2D eigenvalue weighted by molar-refractivity contribution is -0.562. The van der Waals surface area contributed by atoms with Crippen LogP contribution in [0.3, 0.4) is 0 Å². The molecule has 4 aliphatic rings. The lowest BCUT2D eigenvalue weighted by Gasteiger charge is -2.36. The molecule has 0 spiro atoms. The van der Waals surface area contributed by atoms with Crippen LogP contribution in [0.15, 0.2) is 84.6 Å². The quantitative estimate of drug-likeness (QED) is 0.213. The molecule has 2 aliphatic carbocycles. The molecule has 4 unspecified atom stereocenters. The normalized spacial score (nSPS) is 28.0. The first-order chi connectivity index (χ1) is 20.8. The number of hydrogen-bond donors (Lipinski definition) is 0. The average Bonchev–Trinajstić information content (AvgIpc) is 3.37. The molecule has 6 rings (SSSR count). The fourth-order valence-corrected chi connectivity index (χ4v) is 9.52. The lowest BCUT2D eigenvalue weighted by Crippen LogP contribution is -2.35. The average molecular weight is 576 g/mol. The largest absolute Gasteiger partial charge is 0.371 e. The summed E-state index contributed by atoms with van der Waals surface area (Å²) in [5.41, 5.74) is 9.60. The summed E-state index contributed by atoms with van der Waals surface area (Å²) in [6, 6.07) is 19.7. The first-order valence-corrected chi connectivity index (χ1v) is 17.4. The fourth-order valence-electron chi connectivity index (χ4n) is 9.52. The van der Waals surface area contributed by atoms with E-state index in [2.05, 4.69) is 130 Å². The SMILES string of the molecule is CCCCN1\C(=C/C=C/C=C/C2=[N+](CCCC)C3CCc4ccccc4C3C2(C)C)C(C)(C)C2c3ccccc3CCC21. The van der Waals surface area contributed by atoms with Crippen molar-refractivity contribution in [3.05, 3.63) is 107 Å². The van der Waals surface area contributed by atoms with Crippen molar-refractivity contribution in [2.45, 2.75) is 117 Å². The van der Waals surface area contributed by atoms with Crippen LogP contribution in [0.2, 0.25) is 0 Å². The summed E-state index contributed by atoms with van der Waals surface area (Å²) in [6.45, 7) is 17.0. The number of nitrogens with zero attached hydrogens (tertiary/aromatic N) is 2. The zero-order valence-electron chi connectivity index (χ0n) is 27.8. The summed E-state index contributed by atoms with van der Waals surface area (Å²) in [6.07, 6.45) is 21.8. The van der Waals surface area contributed by atoms with Gasteiger partial charge in [0.1, 0.15) is 6.54 Å². The zero-order valence-corrected chi connectivity index (χ0v) is 27.8. The maximum Gasteiger partial charge on any atom is 0.182 e. The second-order valence-electron chi connectivity index (χ2n) is 14.8. The van der Waals surface area contributed by atoms with Gasteiger partial charge in [0.2, 0.25) is 0 Å². The first-order valence-electron chi connectivity index (χ1n) is 17.4. The number of aryl methyl sites for hydroxylation is 2. The van der Waals surface area contributed by atoms with Gasteiger partial charge in [-0.2, -0.15) is 0 Å².